The number of rotatable bonds is 5. The van der Waals surface area contributed by atoms with Gasteiger partial charge >= 0.3 is 0 Å². The lowest BCUT2D eigenvalue weighted by Crippen LogP contribution is -2.37. The Kier molecular flexibility index (Phi) is 6.95. The molecule has 2 saturated heterocycles. The second kappa shape index (κ2) is 10.4. The highest BCUT2D eigenvalue weighted by Crippen LogP contribution is 2.30. The van der Waals surface area contributed by atoms with Gasteiger partial charge in [0.05, 0.1) is 5.92 Å². The van der Waals surface area contributed by atoms with E-state index in [1.54, 1.807) is 30.5 Å². The number of anilines is 2. The Morgan fingerprint density at radius 3 is 2.34 bits per heavy atom. The van der Waals surface area contributed by atoms with Gasteiger partial charge in [-0.2, -0.15) is 5.10 Å². The van der Waals surface area contributed by atoms with E-state index in [0.29, 0.717) is 23.0 Å². The van der Waals surface area contributed by atoms with E-state index in [-0.39, 0.29) is 17.7 Å². The van der Waals surface area contributed by atoms with Crippen molar-refractivity contribution in [1.82, 2.24) is 15.1 Å². The van der Waals surface area contributed by atoms with Crippen LogP contribution in [0.15, 0.2) is 66.9 Å². The molecular weight excluding hydrogens is 462 g/mol. The summed E-state index contributed by atoms with van der Waals surface area (Å²) in [5.41, 5.74) is 2.73. The smallest absolute Gasteiger partial charge is 0.253 e. The molecule has 3 heterocycles. The predicted octanol–water partition coefficient (Wildman–Crippen LogP) is 4.61. The second-order valence-corrected chi connectivity index (χ2v) is 9.63. The molecule has 1 N–H and O–H groups in total. The number of likely N-dealkylation sites (tertiary alicyclic amines) is 1. The van der Waals surface area contributed by atoms with Crippen LogP contribution in [-0.2, 0) is 4.79 Å². The number of amides is 2. The number of halogens is 1. The molecule has 180 valence electrons. The topological polar surface area (TPSA) is 78.4 Å². The molecule has 1 aromatic heterocycles. The van der Waals surface area contributed by atoms with E-state index in [1.165, 1.54) is 5.56 Å². The Balaban J connectivity index is 1.12. The van der Waals surface area contributed by atoms with Crippen LogP contribution in [0.3, 0.4) is 0 Å². The average molecular weight is 490 g/mol. The van der Waals surface area contributed by atoms with Crippen LogP contribution in [0.4, 0.5) is 11.5 Å². The van der Waals surface area contributed by atoms with Crippen molar-refractivity contribution in [3.63, 3.8) is 0 Å². The number of aromatic nitrogens is 2. The van der Waals surface area contributed by atoms with Crippen LogP contribution in [-0.4, -0.2) is 53.1 Å². The fourth-order valence-electron chi connectivity index (χ4n) is 4.92. The number of hydrogen-bond donors (Lipinski definition) is 1. The van der Waals surface area contributed by atoms with Crippen LogP contribution in [0.25, 0.3) is 0 Å². The molecule has 0 bridgehead atoms. The number of carbonyl (C=O) groups is 2. The normalized spacial score (nSPS) is 18.5. The van der Waals surface area contributed by atoms with E-state index in [0.717, 1.165) is 50.4 Å². The maximum atomic E-state index is 12.8. The summed E-state index contributed by atoms with van der Waals surface area (Å²) < 4.78 is 0. The summed E-state index contributed by atoms with van der Waals surface area (Å²) in [6, 6.07) is 19.0. The third kappa shape index (κ3) is 5.46. The minimum atomic E-state index is -0.0702. The third-order valence-corrected chi connectivity index (χ3v) is 7.22. The van der Waals surface area contributed by atoms with Crippen molar-refractivity contribution in [3.05, 3.63) is 83.0 Å². The second-order valence-electron chi connectivity index (χ2n) is 9.20. The molecule has 0 radical (unpaired) electrons. The molecule has 3 aromatic rings. The van der Waals surface area contributed by atoms with Crippen molar-refractivity contribution >= 4 is 34.9 Å². The molecule has 2 fully saturated rings. The molecule has 2 amide bonds. The number of nitrogens with zero attached hydrogens (tertiary/aromatic N) is 4. The van der Waals surface area contributed by atoms with Crippen LogP contribution < -0.4 is 10.2 Å². The number of hydrogen-bond acceptors (Lipinski definition) is 5. The number of carbonyl (C=O) groups excluding carboxylic acids is 2. The van der Waals surface area contributed by atoms with E-state index >= 15 is 0 Å². The lowest BCUT2D eigenvalue weighted by atomic mass is 9.89. The first-order valence-electron chi connectivity index (χ1n) is 12.0. The maximum absolute atomic E-state index is 12.8. The first-order chi connectivity index (χ1) is 17.1. The van der Waals surface area contributed by atoms with Crippen molar-refractivity contribution < 1.29 is 9.59 Å². The van der Waals surface area contributed by atoms with Crippen molar-refractivity contribution in [3.8, 4) is 0 Å². The fourth-order valence-corrected chi connectivity index (χ4v) is 5.04. The van der Waals surface area contributed by atoms with E-state index in [1.807, 2.05) is 29.2 Å². The summed E-state index contributed by atoms with van der Waals surface area (Å²) in [7, 11) is 0. The van der Waals surface area contributed by atoms with Gasteiger partial charge in [-0.25, -0.2) is 0 Å². The zero-order valence-electron chi connectivity index (χ0n) is 19.4. The molecule has 5 rings (SSSR count). The summed E-state index contributed by atoms with van der Waals surface area (Å²) in [5.74, 6) is 1.25. The van der Waals surface area contributed by atoms with E-state index in [9.17, 15) is 9.59 Å². The zero-order valence-corrected chi connectivity index (χ0v) is 20.2. The Hall–Kier alpha value is -3.45. The highest BCUT2D eigenvalue weighted by Gasteiger charge is 2.29. The molecule has 7 nitrogen and oxygen atoms in total. The largest absolute Gasteiger partial charge is 0.354 e. The summed E-state index contributed by atoms with van der Waals surface area (Å²) >= 11 is 5.94. The van der Waals surface area contributed by atoms with Gasteiger partial charge in [0.2, 0.25) is 5.91 Å². The Labute approximate surface area is 210 Å². The molecular formula is C27H28ClN5O2. The van der Waals surface area contributed by atoms with Crippen molar-refractivity contribution in [2.24, 2.45) is 5.92 Å². The predicted molar refractivity (Wildman–Crippen MR) is 137 cm³/mol. The molecule has 0 spiro atoms. The number of piperidine rings is 1. The van der Waals surface area contributed by atoms with Crippen molar-refractivity contribution in [2.45, 2.75) is 25.2 Å². The molecule has 0 saturated carbocycles. The maximum Gasteiger partial charge on any atom is 0.253 e. The van der Waals surface area contributed by atoms with Crippen LogP contribution in [0, 0.1) is 5.92 Å². The monoisotopic (exact) mass is 489 g/mol. The van der Waals surface area contributed by atoms with Gasteiger partial charge < -0.3 is 15.1 Å². The number of nitrogens with one attached hydrogen (secondary N) is 1. The molecule has 2 aliphatic heterocycles. The van der Waals surface area contributed by atoms with Gasteiger partial charge in [0.1, 0.15) is 0 Å². The minimum Gasteiger partial charge on any atom is -0.354 e. The van der Waals surface area contributed by atoms with E-state index in [4.69, 9.17) is 11.6 Å². The van der Waals surface area contributed by atoms with Gasteiger partial charge in [-0.1, -0.05) is 23.7 Å². The van der Waals surface area contributed by atoms with Gasteiger partial charge in [0, 0.05) is 48.6 Å². The summed E-state index contributed by atoms with van der Waals surface area (Å²) in [4.78, 5) is 29.6. The Morgan fingerprint density at radius 1 is 0.914 bits per heavy atom. The Morgan fingerprint density at radius 2 is 1.66 bits per heavy atom. The highest BCUT2D eigenvalue weighted by molar-refractivity contribution is 6.30. The lowest BCUT2D eigenvalue weighted by molar-refractivity contribution is -0.119. The molecule has 1 unspecified atom stereocenters. The molecule has 8 heteroatoms. The van der Waals surface area contributed by atoms with E-state index < -0.39 is 0 Å². The standard InChI is InChI=1S/C27H28ClN5O2/c28-23-7-3-21(4-8-23)27(35)32-15-11-20(12-16-32)19-5-9-24(10-6-19)30-26(34)22-13-17-33(18-22)25-2-1-14-29-31-25/h1-10,14,20,22H,11-13,15-18H2,(H,30,34). The molecule has 35 heavy (non-hydrogen) atoms. The third-order valence-electron chi connectivity index (χ3n) is 6.96. The first kappa shape index (κ1) is 23.3. The van der Waals surface area contributed by atoms with Crippen molar-refractivity contribution in [2.75, 3.05) is 36.4 Å². The molecule has 2 aliphatic rings. The SMILES string of the molecule is O=C(Nc1ccc(C2CCN(C(=O)c3ccc(Cl)cc3)CC2)cc1)C1CCN(c2cccnn2)C1. The van der Waals surface area contributed by atoms with Gasteiger partial charge in [-0.3, -0.25) is 9.59 Å². The zero-order chi connectivity index (χ0) is 24.2. The number of benzene rings is 2. The summed E-state index contributed by atoms with van der Waals surface area (Å²) in [6.45, 7) is 2.91. The van der Waals surface area contributed by atoms with Crippen LogP contribution >= 0.6 is 11.6 Å². The summed E-state index contributed by atoms with van der Waals surface area (Å²) in [5, 5.41) is 11.8. The lowest BCUT2D eigenvalue weighted by Gasteiger charge is -2.32. The molecule has 0 aliphatic carbocycles. The van der Waals surface area contributed by atoms with Crippen LogP contribution in [0.5, 0.6) is 0 Å². The minimum absolute atomic E-state index is 0.0400. The van der Waals surface area contributed by atoms with Crippen molar-refractivity contribution in [1.29, 1.82) is 0 Å². The quantitative estimate of drug-likeness (QED) is 0.566. The Bertz CT molecular complexity index is 1160. The molecule has 1 atom stereocenters. The van der Waals surface area contributed by atoms with Crippen LogP contribution in [0.1, 0.15) is 41.1 Å². The van der Waals surface area contributed by atoms with Gasteiger partial charge in [0.15, 0.2) is 5.82 Å². The summed E-state index contributed by atoms with van der Waals surface area (Å²) in [6.07, 6.45) is 4.29. The van der Waals surface area contributed by atoms with Crippen LogP contribution in [0.2, 0.25) is 5.02 Å². The average Bonchev–Trinajstić information content (AvgIpc) is 3.41. The van der Waals surface area contributed by atoms with Gasteiger partial charge in [-0.15, -0.1) is 5.10 Å². The molecule has 2 aromatic carbocycles. The first-order valence-corrected chi connectivity index (χ1v) is 12.4. The van der Waals surface area contributed by atoms with E-state index in [2.05, 4.69) is 32.5 Å². The van der Waals surface area contributed by atoms with Gasteiger partial charge in [-0.05, 0) is 79.3 Å². The fraction of sp³-hybridized carbons (Fsp3) is 0.333. The van der Waals surface area contributed by atoms with Gasteiger partial charge in [0.25, 0.3) is 5.91 Å². The highest BCUT2D eigenvalue weighted by atomic mass is 35.5.